The first-order valence-corrected chi connectivity index (χ1v) is 7.08. The van der Waals surface area contributed by atoms with Crippen LogP contribution in [0.4, 0.5) is 0 Å². The molecule has 0 aliphatic heterocycles. The molecule has 0 spiro atoms. The summed E-state index contributed by atoms with van der Waals surface area (Å²) < 4.78 is 0. The molecule has 0 aliphatic rings. The zero-order valence-electron chi connectivity index (χ0n) is 9.31. The van der Waals surface area contributed by atoms with Crippen LogP contribution in [-0.4, -0.2) is 6.16 Å². The average Bonchev–Trinajstić information content (AvgIpc) is 2.16. The molecule has 0 rings (SSSR count). The summed E-state index contributed by atoms with van der Waals surface area (Å²) in [6, 6.07) is 0. The monoisotopic (exact) mass is 200 g/mol. The number of unbranched alkanes of at least 4 members (excludes halogenated alkanes) is 5. The Hall–Kier alpha value is 0.170. The van der Waals surface area contributed by atoms with E-state index in [0.717, 1.165) is 8.58 Å². The summed E-state index contributed by atoms with van der Waals surface area (Å²) in [4.78, 5) is 0. The molecule has 0 aliphatic carbocycles. The van der Waals surface area contributed by atoms with Crippen molar-refractivity contribution in [2.45, 2.75) is 58.8 Å². The molecule has 0 bridgehead atoms. The van der Waals surface area contributed by atoms with Crippen LogP contribution in [0.2, 0.25) is 0 Å². The average molecular weight is 200 g/mol. The Morgan fingerprint density at radius 2 is 1.62 bits per heavy atom. The topological polar surface area (TPSA) is 0 Å². The van der Waals surface area contributed by atoms with Crippen LogP contribution in [0, 0.1) is 0 Å². The summed E-state index contributed by atoms with van der Waals surface area (Å²) in [5, 5.41) is 0. The van der Waals surface area contributed by atoms with E-state index in [9.17, 15) is 0 Å². The highest BCUT2D eigenvalue weighted by atomic mass is 31.1. The molecule has 0 fully saturated rings. The Balaban J connectivity index is 2.87. The van der Waals surface area contributed by atoms with Gasteiger partial charge in [-0.15, -0.1) is 0 Å². The molecular formula is C12H25P. The molecule has 0 saturated heterocycles. The molecule has 0 saturated carbocycles. The van der Waals surface area contributed by atoms with Gasteiger partial charge in [-0.3, -0.25) is 0 Å². The van der Waals surface area contributed by atoms with Gasteiger partial charge < -0.3 is 0 Å². The Bertz CT molecular complexity index is 108. The zero-order valence-corrected chi connectivity index (χ0v) is 10.3. The van der Waals surface area contributed by atoms with Crippen molar-refractivity contribution in [1.29, 1.82) is 0 Å². The minimum atomic E-state index is 1.07. The van der Waals surface area contributed by atoms with Crippen molar-refractivity contribution in [2.75, 3.05) is 6.16 Å². The smallest absolute Gasteiger partial charge is 0.0319 e. The van der Waals surface area contributed by atoms with Crippen molar-refractivity contribution in [3.8, 4) is 0 Å². The van der Waals surface area contributed by atoms with Crippen LogP contribution < -0.4 is 0 Å². The molecule has 1 atom stereocenters. The van der Waals surface area contributed by atoms with Crippen molar-refractivity contribution < 1.29 is 0 Å². The van der Waals surface area contributed by atoms with Gasteiger partial charge in [-0.25, -0.2) is 0 Å². The predicted octanol–water partition coefficient (Wildman–Crippen LogP) is 4.95. The van der Waals surface area contributed by atoms with E-state index in [0.29, 0.717) is 0 Å². The number of rotatable bonds is 9. The summed E-state index contributed by atoms with van der Waals surface area (Å²) in [5.41, 5.74) is 0. The normalized spacial score (nSPS) is 12.2. The van der Waals surface area contributed by atoms with Crippen molar-refractivity contribution in [1.82, 2.24) is 0 Å². The second kappa shape index (κ2) is 12.2. The summed E-state index contributed by atoms with van der Waals surface area (Å²) in [7, 11) is 1.07. The Morgan fingerprint density at radius 3 is 2.31 bits per heavy atom. The van der Waals surface area contributed by atoms with Crippen LogP contribution >= 0.6 is 8.58 Å². The summed E-state index contributed by atoms with van der Waals surface area (Å²) in [5.74, 6) is 2.35. The van der Waals surface area contributed by atoms with E-state index in [-0.39, 0.29) is 0 Å². The summed E-state index contributed by atoms with van der Waals surface area (Å²) >= 11 is 0. The second-order valence-corrected chi connectivity index (χ2v) is 4.77. The van der Waals surface area contributed by atoms with Crippen LogP contribution in [0.5, 0.6) is 0 Å². The van der Waals surface area contributed by atoms with E-state index in [2.05, 4.69) is 25.7 Å². The maximum atomic E-state index is 2.35. The zero-order chi connectivity index (χ0) is 9.78. The highest BCUT2D eigenvalue weighted by Gasteiger charge is 1.88. The first kappa shape index (κ1) is 13.2. The lowest BCUT2D eigenvalue weighted by Gasteiger charge is -1.98. The standard InChI is InChI=1S/C12H25P/c1-3-5-7-8-9-10-12-13-11-6-4-2/h6,11,13H,3-5,7-10,12H2,1-2H3/b11-6+. The lowest BCUT2D eigenvalue weighted by atomic mass is 10.1. The summed E-state index contributed by atoms with van der Waals surface area (Å²) in [6.07, 6.45) is 13.5. The highest BCUT2D eigenvalue weighted by Crippen LogP contribution is 2.16. The van der Waals surface area contributed by atoms with Gasteiger partial charge in [0.05, 0.1) is 0 Å². The maximum absolute atomic E-state index is 2.35. The third-order valence-electron chi connectivity index (χ3n) is 2.15. The molecule has 0 radical (unpaired) electrons. The number of hydrogen-bond acceptors (Lipinski definition) is 0. The van der Waals surface area contributed by atoms with Gasteiger partial charge in [0, 0.05) is 0 Å². The number of allylic oxidation sites excluding steroid dienone is 1. The largest absolute Gasteiger partial charge is 0.0987 e. The quantitative estimate of drug-likeness (QED) is 0.365. The first-order chi connectivity index (χ1) is 6.41. The third-order valence-corrected chi connectivity index (χ3v) is 3.26. The van der Waals surface area contributed by atoms with Gasteiger partial charge in [-0.1, -0.05) is 66.4 Å². The molecule has 0 aromatic carbocycles. The van der Waals surface area contributed by atoms with Gasteiger partial charge in [0.1, 0.15) is 0 Å². The van der Waals surface area contributed by atoms with E-state index >= 15 is 0 Å². The second-order valence-electron chi connectivity index (χ2n) is 3.53. The van der Waals surface area contributed by atoms with E-state index in [1.807, 2.05) is 0 Å². The maximum Gasteiger partial charge on any atom is -0.0319 e. The molecule has 0 N–H and O–H groups in total. The Labute approximate surface area is 86.0 Å². The molecule has 1 heteroatoms. The molecule has 0 aromatic heterocycles. The van der Waals surface area contributed by atoms with Crippen molar-refractivity contribution in [3.05, 3.63) is 11.9 Å². The Kier molecular flexibility index (Phi) is 12.3. The van der Waals surface area contributed by atoms with Crippen LogP contribution in [0.1, 0.15) is 58.8 Å². The fourth-order valence-electron chi connectivity index (χ4n) is 1.29. The molecule has 0 nitrogen and oxygen atoms in total. The molecule has 0 heterocycles. The molecule has 0 aromatic rings. The minimum Gasteiger partial charge on any atom is -0.0987 e. The van der Waals surface area contributed by atoms with Gasteiger partial charge >= 0.3 is 0 Å². The number of hydrogen-bond donors (Lipinski definition) is 0. The lowest BCUT2D eigenvalue weighted by molar-refractivity contribution is 0.626. The molecule has 1 unspecified atom stereocenters. The van der Waals surface area contributed by atoms with E-state index < -0.39 is 0 Å². The lowest BCUT2D eigenvalue weighted by Crippen LogP contribution is -1.79. The van der Waals surface area contributed by atoms with Gasteiger partial charge in [-0.2, -0.15) is 0 Å². The van der Waals surface area contributed by atoms with E-state index in [1.54, 1.807) is 0 Å². The predicted molar refractivity (Wildman–Crippen MR) is 66.0 cm³/mol. The van der Waals surface area contributed by atoms with Crippen molar-refractivity contribution >= 4 is 8.58 Å². The first-order valence-electron chi connectivity index (χ1n) is 5.80. The van der Waals surface area contributed by atoms with Crippen LogP contribution in [0.15, 0.2) is 11.9 Å². The van der Waals surface area contributed by atoms with Crippen molar-refractivity contribution in [3.63, 3.8) is 0 Å². The van der Waals surface area contributed by atoms with Gasteiger partial charge in [-0.05, 0) is 19.0 Å². The molecular weight excluding hydrogens is 175 g/mol. The van der Waals surface area contributed by atoms with E-state index in [4.69, 9.17) is 0 Å². The fraction of sp³-hybridized carbons (Fsp3) is 0.833. The van der Waals surface area contributed by atoms with Crippen LogP contribution in [0.25, 0.3) is 0 Å². The van der Waals surface area contributed by atoms with Gasteiger partial charge in [0.2, 0.25) is 0 Å². The molecule has 0 amide bonds. The highest BCUT2D eigenvalue weighted by molar-refractivity contribution is 7.41. The third kappa shape index (κ3) is 12.2. The van der Waals surface area contributed by atoms with Crippen molar-refractivity contribution in [2.24, 2.45) is 0 Å². The Morgan fingerprint density at radius 1 is 0.923 bits per heavy atom. The molecule has 13 heavy (non-hydrogen) atoms. The molecule has 78 valence electrons. The van der Waals surface area contributed by atoms with Crippen LogP contribution in [-0.2, 0) is 0 Å². The summed E-state index contributed by atoms with van der Waals surface area (Å²) in [6.45, 7) is 4.47. The van der Waals surface area contributed by atoms with E-state index in [1.165, 1.54) is 51.1 Å². The SMILES string of the molecule is CC/C=C/PCCCCCCCC. The fourth-order valence-corrected chi connectivity index (χ4v) is 2.32. The minimum absolute atomic E-state index is 1.07. The van der Waals surface area contributed by atoms with Gasteiger partial charge in [0.25, 0.3) is 0 Å². The van der Waals surface area contributed by atoms with Crippen LogP contribution in [0.3, 0.4) is 0 Å². The van der Waals surface area contributed by atoms with Gasteiger partial charge in [0.15, 0.2) is 0 Å².